The van der Waals surface area contributed by atoms with Crippen molar-refractivity contribution in [3.8, 4) is 0 Å². The topological polar surface area (TPSA) is 34.1 Å². The van der Waals surface area contributed by atoms with Crippen molar-refractivity contribution in [2.24, 2.45) is 0 Å². The molecule has 0 amide bonds. The highest BCUT2D eigenvalue weighted by atomic mass is 32.2. The van der Waals surface area contributed by atoms with E-state index in [0.717, 1.165) is 20.9 Å². The molecule has 1 fully saturated rings. The zero-order valence-electron chi connectivity index (χ0n) is 26.1. The minimum atomic E-state index is -0.0281. The van der Waals surface area contributed by atoms with E-state index in [4.69, 9.17) is 0 Å². The Morgan fingerprint density at radius 1 is 0.500 bits per heavy atom. The van der Waals surface area contributed by atoms with Crippen LogP contribution in [-0.4, -0.2) is 22.1 Å². The van der Waals surface area contributed by atoms with E-state index in [1.807, 2.05) is 60.3 Å². The van der Waals surface area contributed by atoms with Crippen LogP contribution < -0.4 is 0 Å². The number of carbonyl (C=O) groups is 2. The minimum absolute atomic E-state index is 0.0281. The largest absolute Gasteiger partial charge is 0.295 e. The van der Waals surface area contributed by atoms with E-state index in [9.17, 15) is 9.59 Å². The lowest BCUT2D eigenvalue weighted by molar-refractivity contribution is 0.100. The highest BCUT2D eigenvalue weighted by molar-refractivity contribution is 8.00. The van der Waals surface area contributed by atoms with E-state index >= 15 is 0 Å². The lowest BCUT2D eigenvalue weighted by Crippen LogP contribution is -2.28. The zero-order valence-corrected chi connectivity index (χ0v) is 29.3. The van der Waals surface area contributed by atoms with Crippen molar-refractivity contribution >= 4 is 57.7 Å². The number of hydrogen-bond donors (Lipinski definition) is 0. The molecule has 0 aliphatic heterocycles. The summed E-state index contributed by atoms with van der Waals surface area (Å²) < 4.78 is 0. The normalized spacial score (nSPS) is 16.3. The van der Waals surface area contributed by atoms with Crippen molar-refractivity contribution in [3.63, 3.8) is 0 Å². The summed E-state index contributed by atoms with van der Waals surface area (Å²) in [6.45, 7) is 3.21. The highest BCUT2D eigenvalue weighted by Crippen LogP contribution is 2.41. The van der Waals surface area contributed by atoms with Crippen molar-refractivity contribution in [1.82, 2.24) is 0 Å². The number of Topliss-reactive ketones (excluding diaryl/α,β-unsaturated/α-hetero) is 2. The Morgan fingerprint density at radius 2 is 0.891 bits per heavy atom. The lowest BCUT2D eigenvalue weighted by atomic mass is 10.00. The predicted octanol–water partition coefficient (Wildman–Crippen LogP) is 11.5. The predicted molar refractivity (Wildman–Crippen MR) is 196 cm³/mol. The van der Waals surface area contributed by atoms with Gasteiger partial charge in [0.1, 0.15) is 5.25 Å². The van der Waals surface area contributed by atoms with Gasteiger partial charge in [0.25, 0.3) is 0 Å². The van der Waals surface area contributed by atoms with Crippen LogP contribution in [0.4, 0.5) is 0 Å². The lowest BCUT2D eigenvalue weighted by Gasteiger charge is -2.28. The number of carbonyl (C=O) groups excluding carboxylic acids is 2. The monoisotopic (exact) mass is 677 g/mol. The molecule has 0 unspecified atom stereocenters. The molecular weight excluding hydrogens is 641 g/mol. The minimum Gasteiger partial charge on any atom is -0.295 e. The molecule has 0 spiro atoms. The third kappa shape index (κ3) is 8.60. The molecule has 6 rings (SSSR count). The molecule has 5 aromatic carbocycles. The number of benzene rings is 5. The zero-order chi connectivity index (χ0) is 31.9. The van der Waals surface area contributed by atoms with E-state index in [2.05, 4.69) is 78.9 Å². The van der Waals surface area contributed by atoms with Crippen LogP contribution >= 0.6 is 35.3 Å². The van der Waals surface area contributed by atoms with E-state index in [1.165, 1.54) is 50.2 Å². The molecule has 0 aromatic heterocycles. The Kier molecular flexibility index (Phi) is 11.1. The van der Waals surface area contributed by atoms with Crippen LogP contribution in [0.2, 0.25) is 0 Å². The SMILES string of the molecule is CC(=O)c1ccc(Sc2ccc([S+](c3ccc(Sc4ccc(C(C)=O)cc4)cc3)C3CCC(Sc4ccccc4)CC3)cc2)cc1. The van der Waals surface area contributed by atoms with Crippen LogP contribution in [0, 0.1) is 0 Å². The molecule has 0 saturated heterocycles. The Labute approximate surface area is 288 Å². The molecule has 0 radical (unpaired) electrons. The fourth-order valence-electron chi connectivity index (χ4n) is 5.69. The van der Waals surface area contributed by atoms with Gasteiger partial charge < -0.3 is 0 Å². The number of thioether (sulfide) groups is 1. The fourth-order valence-corrected chi connectivity index (χ4v) is 11.2. The second kappa shape index (κ2) is 15.6. The molecule has 232 valence electrons. The fraction of sp³-hybridized carbons (Fsp3) is 0.200. The summed E-state index contributed by atoms with van der Waals surface area (Å²) in [4.78, 5) is 32.2. The summed E-state index contributed by atoms with van der Waals surface area (Å²) >= 11 is 5.51. The van der Waals surface area contributed by atoms with E-state index in [0.29, 0.717) is 10.5 Å². The Balaban J connectivity index is 1.19. The quantitative estimate of drug-likeness (QED) is 0.103. The second-order valence-electron chi connectivity index (χ2n) is 11.5. The molecule has 0 heterocycles. The number of rotatable bonds is 11. The summed E-state index contributed by atoms with van der Waals surface area (Å²) in [6.07, 6.45) is 4.93. The van der Waals surface area contributed by atoms with Gasteiger partial charge in [0, 0.05) is 40.9 Å². The molecule has 1 saturated carbocycles. The van der Waals surface area contributed by atoms with Gasteiger partial charge in [0.15, 0.2) is 21.4 Å². The van der Waals surface area contributed by atoms with Gasteiger partial charge in [-0.25, -0.2) is 0 Å². The average Bonchev–Trinajstić information content (AvgIpc) is 3.08. The van der Waals surface area contributed by atoms with E-state index in [1.54, 1.807) is 37.4 Å². The average molecular weight is 678 g/mol. The van der Waals surface area contributed by atoms with Gasteiger partial charge in [-0.3, -0.25) is 9.59 Å². The first kappa shape index (κ1) is 32.8. The molecule has 0 bridgehead atoms. The summed E-state index contributed by atoms with van der Waals surface area (Å²) in [5, 5.41) is 1.29. The summed E-state index contributed by atoms with van der Waals surface area (Å²) in [5.74, 6) is 0.186. The number of ketones is 2. The first-order chi connectivity index (χ1) is 22.4. The Bertz CT molecular complexity index is 1640. The summed E-state index contributed by atoms with van der Waals surface area (Å²) in [6, 6.07) is 44.9. The first-order valence-corrected chi connectivity index (χ1v) is 19.4. The van der Waals surface area contributed by atoms with Crippen LogP contribution in [0.1, 0.15) is 60.2 Å². The maximum atomic E-state index is 11.7. The molecular formula is C40H37O2S4+. The van der Waals surface area contributed by atoms with E-state index in [-0.39, 0.29) is 22.5 Å². The van der Waals surface area contributed by atoms with Crippen LogP contribution in [-0.2, 0) is 10.9 Å². The van der Waals surface area contributed by atoms with Gasteiger partial charge >= 0.3 is 0 Å². The Morgan fingerprint density at radius 3 is 1.28 bits per heavy atom. The number of hydrogen-bond acceptors (Lipinski definition) is 5. The molecule has 1 aliphatic carbocycles. The maximum Gasteiger partial charge on any atom is 0.161 e. The van der Waals surface area contributed by atoms with Gasteiger partial charge in [-0.1, -0.05) is 66.0 Å². The molecule has 0 N–H and O–H groups in total. The molecule has 5 aromatic rings. The first-order valence-electron chi connectivity index (χ1n) is 15.6. The van der Waals surface area contributed by atoms with Crippen LogP contribution in [0.25, 0.3) is 0 Å². The molecule has 2 nitrogen and oxygen atoms in total. The third-order valence-electron chi connectivity index (χ3n) is 8.15. The van der Waals surface area contributed by atoms with Crippen molar-refractivity contribution in [2.75, 3.05) is 0 Å². The molecule has 6 heteroatoms. The second-order valence-corrected chi connectivity index (χ2v) is 17.4. The smallest absolute Gasteiger partial charge is 0.161 e. The van der Waals surface area contributed by atoms with Crippen LogP contribution in [0.15, 0.2) is 162 Å². The molecule has 1 aliphatic rings. The molecule has 0 atom stereocenters. The van der Waals surface area contributed by atoms with Gasteiger partial charge in [-0.05, 0) is 124 Å². The summed E-state index contributed by atoms with van der Waals surface area (Å²) in [5.41, 5.74) is 1.49. The van der Waals surface area contributed by atoms with Gasteiger partial charge in [0.05, 0.1) is 10.9 Å². The van der Waals surface area contributed by atoms with Crippen molar-refractivity contribution in [2.45, 2.75) is 84.3 Å². The highest BCUT2D eigenvalue weighted by Gasteiger charge is 2.38. The Hall–Kier alpha value is -3.16. The van der Waals surface area contributed by atoms with Crippen molar-refractivity contribution in [3.05, 3.63) is 139 Å². The summed E-state index contributed by atoms with van der Waals surface area (Å²) in [7, 11) is -0.0281. The van der Waals surface area contributed by atoms with Crippen molar-refractivity contribution in [1.29, 1.82) is 0 Å². The van der Waals surface area contributed by atoms with Gasteiger partial charge in [-0.2, -0.15) is 0 Å². The van der Waals surface area contributed by atoms with Gasteiger partial charge in [0.2, 0.25) is 0 Å². The third-order valence-corrected chi connectivity index (χ3v) is 14.2. The van der Waals surface area contributed by atoms with Gasteiger partial charge in [-0.15, -0.1) is 11.8 Å². The van der Waals surface area contributed by atoms with Crippen LogP contribution in [0.3, 0.4) is 0 Å². The standard InChI is InChI=1S/C40H37O2S4/c1-28(41)30-8-12-33(13-9-30)44-36-18-24-39(25-19-36)46(38-22-16-35(17-23-38)43-32-6-4-3-5-7-32)40-26-20-37(21-27-40)45-34-14-10-31(11-15-34)29(2)42/h3-15,18-21,24-27,35,38H,16-17,22-23H2,1-2H3/q+1. The molecule has 46 heavy (non-hydrogen) atoms. The van der Waals surface area contributed by atoms with Crippen LogP contribution in [0.5, 0.6) is 0 Å². The maximum absolute atomic E-state index is 11.7. The van der Waals surface area contributed by atoms with Crippen molar-refractivity contribution < 1.29 is 9.59 Å². The van der Waals surface area contributed by atoms with E-state index < -0.39 is 0 Å².